The number of hydrogen-bond donors (Lipinski definition) is 5. The van der Waals surface area contributed by atoms with Crippen LogP contribution in [0.25, 0.3) is 0 Å². The first kappa shape index (κ1) is 15.7. The van der Waals surface area contributed by atoms with Gasteiger partial charge in [-0.15, -0.1) is 0 Å². The Labute approximate surface area is 87.0 Å². The highest BCUT2D eigenvalue weighted by molar-refractivity contribution is 7.79. The van der Waals surface area contributed by atoms with E-state index in [4.69, 9.17) is 22.9 Å². The van der Waals surface area contributed by atoms with Crippen molar-refractivity contribution >= 4 is 16.4 Å². The molecular formula is C6H12N4O4S. The van der Waals surface area contributed by atoms with E-state index in [0.717, 1.165) is 0 Å². The molecule has 0 atom stereocenters. The summed E-state index contributed by atoms with van der Waals surface area (Å²) in [5, 5.41) is 6.06. The molecule has 0 saturated carbocycles. The lowest BCUT2D eigenvalue weighted by Gasteiger charge is -1.70. The monoisotopic (exact) mass is 236 g/mol. The molecule has 0 aliphatic heterocycles. The molecule has 0 amide bonds. The molecule has 0 fully saturated rings. The van der Waals surface area contributed by atoms with Crippen molar-refractivity contribution in [2.75, 3.05) is 0 Å². The van der Waals surface area contributed by atoms with Crippen molar-refractivity contribution in [1.29, 1.82) is 5.41 Å². The SMILES string of the molecule is N=C(N)N.O=S(=O)(O)O.c1ccncc1. The van der Waals surface area contributed by atoms with E-state index in [2.05, 4.69) is 16.5 Å². The number of hydrogen-bond acceptors (Lipinski definition) is 4. The summed E-state index contributed by atoms with van der Waals surface area (Å²) in [5.41, 5.74) is 8.94. The molecule has 1 aromatic heterocycles. The molecule has 0 aliphatic carbocycles. The largest absolute Gasteiger partial charge is 0.394 e. The van der Waals surface area contributed by atoms with Crippen molar-refractivity contribution in [2.45, 2.75) is 0 Å². The number of pyridine rings is 1. The zero-order valence-corrected chi connectivity index (χ0v) is 8.42. The van der Waals surface area contributed by atoms with Crippen LogP contribution in [0.2, 0.25) is 0 Å². The highest BCUT2D eigenvalue weighted by atomic mass is 32.3. The van der Waals surface area contributed by atoms with Gasteiger partial charge in [-0.2, -0.15) is 8.42 Å². The van der Waals surface area contributed by atoms with Crippen molar-refractivity contribution in [3.05, 3.63) is 30.6 Å². The van der Waals surface area contributed by atoms with E-state index in [9.17, 15) is 0 Å². The molecule has 0 spiro atoms. The third-order valence-corrected chi connectivity index (χ3v) is 0.566. The number of nitrogens with two attached hydrogens (primary N) is 2. The molecule has 1 rings (SSSR count). The Bertz CT molecular complexity index is 314. The van der Waals surface area contributed by atoms with Crippen LogP contribution < -0.4 is 11.5 Å². The number of rotatable bonds is 0. The van der Waals surface area contributed by atoms with Crippen molar-refractivity contribution < 1.29 is 17.5 Å². The van der Waals surface area contributed by atoms with Crippen molar-refractivity contribution in [3.8, 4) is 0 Å². The summed E-state index contributed by atoms with van der Waals surface area (Å²) < 4.78 is 31.6. The van der Waals surface area contributed by atoms with Crippen LogP contribution in [-0.4, -0.2) is 28.5 Å². The predicted molar refractivity (Wildman–Crippen MR) is 54.5 cm³/mol. The van der Waals surface area contributed by atoms with E-state index in [1.165, 1.54) is 0 Å². The molecule has 7 N–H and O–H groups in total. The summed E-state index contributed by atoms with van der Waals surface area (Å²) in [6.07, 6.45) is 3.50. The van der Waals surface area contributed by atoms with Gasteiger partial charge in [-0.1, -0.05) is 6.07 Å². The highest BCUT2D eigenvalue weighted by Gasteiger charge is 1.84. The van der Waals surface area contributed by atoms with Gasteiger partial charge in [-0.05, 0) is 12.1 Å². The topological polar surface area (TPSA) is 163 Å². The van der Waals surface area contributed by atoms with Crippen LogP contribution in [0.5, 0.6) is 0 Å². The molecule has 15 heavy (non-hydrogen) atoms. The number of nitrogens with zero attached hydrogens (tertiary/aromatic N) is 1. The number of guanidine groups is 1. The molecule has 1 heterocycles. The Morgan fingerprint density at radius 1 is 1.13 bits per heavy atom. The number of aromatic nitrogens is 1. The summed E-state index contributed by atoms with van der Waals surface area (Å²) in [6, 6.07) is 5.72. The average Bonchev–Trinajstić information content (AvgIpc) is 2.03. The summed E-state index contributed by atoms with van der Waals surface area (Å²) in [4.78, 5) is 3.78. The fourth-order valence-corrected chi connectivity index (χ4v) is 0.313. The van der Waals surface area contributed by atoms with Crippen molar-refractivity contribution in [2.24, 2.45) is 11.5 Å². The fraction of sp³-hybridized carbons (Fsp3) is 0. The predicted octanol–water partition coefficient (Wildman–Crippen LogP) is -0.733. The molecule has 8 nitrogen and oxygen atoms in total. The minimum absolute atomic E-state index is 0.333. The van der Waals surface area contributed by atoms with Gasteiger partial charge in [0.05, 0.1) is 0 Å². The zero-order chi connectivity index (χ0) is 12.3. The van der Waals surface area contributed by atoms with Crippen LogP contribution in [0.1, 0.15) is 0 Å². The zero-order valence-electron chi connectivity index (χ0n) is 7.61. The first-order valence-electron chi connectivity index (χ1n) is 3.38. The maximum absolute atomic E-state index is 8.74. The second-order valence-corrected chi connectivity index (χ2v) is 2.82. The normalized spacial score (nSPS) is 8.67. The van der Waals surface area contributed by atoms with E-state index in [0.29, 0.717) is 0 Å². The van der Waals surface area contributed by atoms with Gasteiger partial charge in [-0.3, -0.25) is 19.5 Å². The molecule has 0 saturated heterocycles. The molecule has 0 aromatic carbocycles. The standard InChI is InChI=1S/C5H5N.CH5N3.H2O4S/c1-2-4-6-5-3-1;2-1(3)4;1-5(2,3)4/h1-5H;(H5,2,3,4);(H2,1,2,3,4). The van der Waals surface area contributed by atoms with Crippen LogP contribution in [0.15, 0.2) is 30.6 Å². The Kier molecular flexibility index (Phi) is 9.31. The summed E-state index contributed by atoms with van der Waals surface area (Å²) >= 11 is 0. The molecule has 86 valence electrons. The minimum atomic E-state index is -4.67. The second-order valence-electron chi connectivity index (χ2n) is 1.93. The van der Waals surface area contributed by atoms with Gasteiger partial charge in [-0.25, -0.2) is 0 Å². The van der Waals surface area contributed by atoms with Crippen molar-refractivity contribution in [1.82, 2.24) is 4.98 Å². The highest BCUT2D eigenvalue weighted by Crippen LogP contribution is 1.73. The van der Waals surface area contributed by atoms with E-state index in [1.807, 2.05) is 18.2 Å². The quantitative estimate of drug-likeness (QED) is 0.225. The lowest BCUT2D eigenvalue weighted by molar-refractivity contribution is 0.381. The van der Waals surface area contributed by atoms with E-state index in [1.54, 1.807) is 12.4 Å². The third kappa shape index (κ3) is 70.7. The van der Waals surface area contributed by atoms with Crippen LogP contribution in [0.3, 0.4) is 0 Å². The third-order valence-electron chi connectivity index (χ3n) is 0.566. The van der Waals surface area contributed by atoms with Crippen molar-refractivity contribution in [3.63, 3.8) is 0 Å². The molecule has 1 aromatic rings. The summed E-state index contributed by atoms with van der Waals surface area (Å²) in [6.45, 7) is 0. The van der Waals surface area contributed by atoms with Crippen LogP contribution in [0, 0.1) is 5.41 Å². The lowest BCUT2D eigenvalue weighted by atomic mass is 10.5. The Morgan fingerprint density at radius 3 is 1.47 bits per heavy atom. The van der Waals surface area contributed by atoms with Crippen LogP contribution >= 0.6 is 0 Å². The lowest BCUT2D eigenvalue weighted by Crippen LogP contribution is -2.20. The molecule has 0 unspecified atom stereocenters. The molecule has 0 radical (unpaired) electrons. The minimum Gasteiger partial charge on any atom is -0.370 e. The summed E-state index contributed by atoms with van der Waals surface area (Å²) in [7, 11) is -4.67. The molecule has 9 heteroatoms. The first-order chi connectivity index (χ1) is 6.73. The van der Waals surface area contributed by atoms with Gasteiger partial charge in [0.25, 0.3) is 0 Å². The maximum atomic E-state index is 8.74. The molecular weight excluding hydrogens is 224 g/mol. The Morgan fingerprint density at radius 2 is 1.40 bits per heavy atom. The van der Waals surface area contributed by atoms with E-state index >= 15 is 0 Å². The van der Waals surface area contributed by atoms with Crippen LogP contribution in [0.4, 0.5) is 0 Å². The molecule has 0 aliphatic rings. The summed E-state index contributed by atoms with van der Waals surface area (Å²) in [5.74, 6) is -0.333. The van der Waals surface area contributed by atoms with Crippen LogP contribution in [-0.2, 0) is 10.4 Å². The average molecular weight is 236 g/mol. The molecule has 0 bridgehead atoms. The van der Waals surface area contributed by atoms with Gasteiger partial charge in [0.2, 0.25) is 0 Å². The first-order valence-corrected chi connectivity index (χ1v) is 4.77. The fourth-order valence-electron chi connectivity index (χ4n) is 0.313. The van der Waals surface area contributed by atoms with Gasteiger partial charge in [0, 0.05) is 12.4 Å². The van der Waals surface area contributed by atoms with Gasteiger partial charge >= 0.3 is 10.4 Å². The van der Waals surface area contributed by atoms with Gasteiger partial charge in [0.15, 0.2) is 5.96 Å². The van der Waals surface area contributed by atoms with E-state index < -0.39 is 10.4 Å². The smallest absolute Gasteiger partial charge is 0.370 e. The van der Waals surface area contributed by atoms with E-state index in [-0.39, 0.29) is 5.96 Å². The second kappa shape index (κ2) is 8.87. The van der Waals surface area contributed by atoms with Gasteiger partial charge < -0.3 is 11.5 Å². The number of nitrogens with one attached hydrogen (secondary N) is 1. The Hall–Kier alpha value is -1.71. The Balaban J connectivity index is 0. The maximum Gasteiger partial charge on any atom is 0.394 e. The van der Waals surface area contributed by atoms with Gasteiger partial charge in [0.1, 0.15) is 0 Å².